The minimum atomic E-state index is 1.07. The Labute approximate surface area is 311 Å². The average Bonchev–Trinajstić information content (AvgIpc) is 3.87. The van der Waals surface area contributed by atoms with Gasteiger partial charge in [0, 0.05) is 50.2 Å². The summed E-state index contributed by atoms with van der Waals surface area (Å²) in [6.07, 6.45) is 1.90. The topological polar surface area (TPSA) is 22.8 Å². The van der Waals surface area contributed by atoms with Gasteiger partial charge in [0.05, 0.1) is 27.8 Å². The third-order valence-electron chi connectivity index (χ3n) is 11.5. The van der Waals surface area contributed by atoms with Crippen LogP contribution < -0.4 is 0 Å². The fraction of sp³-hybridized carbons (Fsp3) is 0. The Morgan fingerprint density at radius 2 is 0.926 bits per heavy atom. The number of pyridine rings is 1. The Kier molecular flexibility index (Phi) is 6.05. The molecule has 12 rings (SSSR count). The minimum absolute atomic E-state index is 1.07. The van der Waals surface area contributed by atoms with Crippen molar-refractivity contribution in [2.45, 2.75) is 0 Å². The lowest BCUT2D eigenvalue weighted by molar-refractivity contribution is 1.18. The zero-order valence-electron chi connectivity index (χ0n) is 29.2. The third kappa shape index (κ3) is 4.15. The molecule has 250 valence electrons. The van der Waals surface area contributed by atoms with Gasteiger partial charge in [-0.15, -0.1) is 0 Å². The molecule has 11 aromatic rings. The third-order valence-corrected chi connectivity index (χ3v) is 11.5. The summed E-state index contributed by atoms with van der Waals surface area (Å²) in [6, 6.07) is 66.6. The van der Waals surface area contributed by atoms with Crippen LogP contribution in [0.1, 0.15) is 0 Å². The van der Waals surface area contributed by atoms with Crippen LogP contribution in [-0.2, 0) is 0 Å². The van der Waals surface area contributed by atoms with E-state index >= 15 is 0 Å². The van der Waals surface area contributed by atoms with E-state index in [0.29, 0.717) is 0 Å². The second-order valence-electron chi connectivity index (χ2n) is 14.4. The first-order chi connectivity index (χ1) is 26.8. The first-order valence-electron chi connectivity index (χ1n) is 18.5. The molecule has 0 fully saturated rings. The van der Waals surface area contributed by atoms with E-state index in [-0.39, 0.29) is 0 Å². The summed E-state index contributed by atoms with van der Waals surface area (Å²) in [4.78, 5) is 4.79. The van der Waals surface area contributed by atoms with Gasteiger partial charge >= 0.3 is 0 Å². The van der Waals surface area contributed by atoms with Gasteiger partial charge < -0.3 is 9.13 Å². The van der Waals surface area contributed by atoms with Gasteiger partial charge in [-0.3, -0.25) is 4.98 Å². The number of para-hydroxylation sites is 2. The van der Waals surface area contributed by atoms with Gasteiger partial charge in [0.2, 0.25) is 0 Å². The first kappa shape index (κ1) is 29.4. The molecule has 0 amide bonds. The molecule has 3 heterocycles. The predicted molar refractivity (Wildman–Crippen MR) is 226 cm³/mol. The molecule has 0 N–H and O–H groups in total. The number of hydrogen-bond donors (Lipinski definition) is 0. The summed E-state index contributed by atoms with van der Waals surface area (Å²) >= 11 is 0. The molecule has 0 saturated carbocycles. The van der Waals surface area contributed by atoms with E-state index in [2.05, 4.69) is 185 Å². The van der Waals surface area contributed by atoms with Gasteiger partial charge in [-0.25, -0.2) is 0 Å². The van der Waals surface area contributed by atoms with E-state index in [1.807, 2.05) is 12.3 Å². The average molecular weight is 686 g/mol. The molecule has 0 aliphatic heterocycles. The first-order valence-corrected chi connectivity index (χ1v) is 18.5. The number of benzene rings is 8. The quantitative estimate of drug-likeness (QED) is 0.181. The summed E-state index contributed by atoms with van der Waals surface area (Å²) in [5, 5.41) is 7.52. The van der Waals surface area contributed by atoms with Crippen molar-refractivity contribution in [2.75, 3.05) is 0 Å². The summed E-state index contributed by atoms with van der Waals surface area (Å²) in [7, 11) is 0. The molecule has 54 heavy (non-hydrogen) atoms. The summed E-state index contributed by atoms with van der Waals surface area (Å²) in [6.45, 7) is 0. The number of hydrogen-bond acceptors (Lipinski definition) is 1. The smallest absolute Gasteiger partial charge is 0.0786 e. The Morgan fingerprint density at radius 3 is 1.67 bits per heavy atom. The van der Waals surface area contributed by atoms with Crippen molar-refractivity contribution in [2.24, 2.45) is 0 Å². The van der Waals surface area contributed by atoms with Crippen LogP contribution in [-0.4, -0.2) is 14.1 Å². The fourth-order valence-electron chi connectivity index (χ4n) is 9.10. The van der Waals surface area contributed by atoms with Crippen LogP contribution in [0.15, 0.2) is 188 Å². The maximum atomic E-state index is 4.79. The predicted octanol–water partition coefficient (Wildman–Crippen LogP) is 13.4. The van der Waals surface area contributed by atoms with Gasteiger partial charge in [-0.1, -0.05) is 115 Å². The fourth-order valence-corrected chi connectivity index (χ4v) is 9.10. The maximum Gasteiger partial charge on any atom is 0.0786 e. The lowest BCUT2D eigenvalue weighted by Gasteiger charge is -2.12. The molecule has 8 aromatic carbocycles. The van der Waals surface area contributed by atoms with E-state index in [0.717, 1.165) is 17.1 Å². The SMILES string of the molecule is c1ccc(-c2cccc(-n3c4ccccc4c4cc(-c5ccc6c(c5)c5ccccc5n6-c5cc6c7c(cccc7c5)-c5ncccc5-6)ccc43)c2)cc1. The van der Waals surface area contributed by atoms with Crippen molar-refractivity contribution in [3.8, 4) is 56.0 Å². The normalized spacial score (nSPS) is 12.1. The molecule has 1 aliphatic carbocycles. The van der Waals surface area contributed by atoms with Crippen molar-refractivity contribution in [3.05, 3.63) is 188 Å². The molecule has 3 nitrogen and oxygen atoms in total. The highest BCUT2D eigenvalue weighted by molar-refractivity contribution is 6.16. The van der Waals surface area contributed by atoms with Gasteiger partial charge in [0.25, 0.3) is 0 Å². The van der Waals surface area contributed by atoms with Gasteiger partial charge in [-0.2, -0.15) is 0 Å². The van der Waals surface area contributed by atoms with E-state index < -0.39 is 0 Å². The molecule has 0 radical (unpaired) electrons. The molecule has 3 aromatic heterocycles. The second-order valence-corrected chi connectivity index (χ2v) is 14.4. The monoisotopic (exact) mass is 685 g/mol. The van der Waals surface area contributed by atoms with Crippen LogP contribution in [0.4, 0.5) is 0 Å². The van der Waals surface area contributed by atoms with Crippen molar-refractivity contribution < 1.29 is 0 Å². The van der Waals surface area contributed by atoms with Crippen molar-refractivity contribution in [1.82, 2.24) is 14.1 Å². The number of aromatic nitrogens is 3. The van der Waals surface area contributed by atoms with Gasteiger partial charge in [0.1, 0.15) is 0 Å². The Balaban J connectivity index is 1.03. The highest BCUT2D eigenvalue weighted by Crippen LogP contribution is 2.48. The molecular formula is C51H31N3. The minimum Gasteiger partial charge on any atom is -0.309 e. The van der Waals surface area contributed by atoms with Crippen LogP contribution in [0.2, 0.25) is 0 Å². The molecule has 3 heteroatoms. The Hall–Kier alpha value is -7.23. The highest BCUT2D eigenvalue weighted by Gasteiger charge is 2.24. The summed E-state index contributed by atoms with van der Waals surface area (Å²) in [5.74, 6) is 0. The van der Waals surface area contributed by atoms with Gasteiger partial charge in [0.15, 0.2) is 0 Å². The van der Waals surface area contributed by atoms with Crippen LogP contribution in [0.3, 0.4) is 0 Å². The van der Waals surface area contributed by atoms with Crippen molar-refractivity contribution in [3.63, 3.8) is 0 Å². The molecule has 0 unspecified atom stereocenters. The van der Waals surface area contributed by atoms with E-state index in [9.17, 15) is 0 Å². The summed E-state index contributed by atoms with van der Waals surface area (Å²) in [5.41, 5.74) is 16.7. The lowest BCUT2D eigenvalue weighted by atomic mass is 10.0. The lowest BCUT2D eigenvalue weighted by Crippen LogP contribution is -1.95. The summed E-state index contributed by atoms with van der Waals surface area (Å²) < 4.78 is 4.84. The molecular weight excluding hydrogens is 655 g/mol. The van der Waals surface area contributed by atoms with Gasteiger partial charge in [-0.05, 0) is 105 Å². The van der Waals surface area contributed by atoms with Crippen LogP contribution >= 0.6 is 0 Å². The number of rotatable bonds is 4. The number of nitrogens with zero attached hydrogens (tertiary/aromatic N) is 3. The largest absolute Gasteiger partial charge is 0.309 e. The Morgan fingerprint density at radius 1 is 0.333 bits per heavy atom. The van der Waals surface area contributed by atoms with Crippen molar-refractivity contribution in [1.29, 1.82) is 0 Å². The zero-order chi connectivity index (χ0) is 35.3. The second kappa shape index (κ2) is 11.1. The Bertz CT molecular complexity index is 3330. The molecule has 0 saturated heterocycles. The van der Waals surface area contributed by atoms with Crippen LogP contribution in [0, 0.1) is 0 Å². The molecule has 0 spiro atoms. The van der Waals surface area contributed by atoms with E-state index in [4.69, 9.17) is 4.98 Å². The van der Waals surface area contributed by atoms with Crippen molar-refractivity contribution >= 4 is 54.4 Å². The van der Waals surface area contributed by atoms with E-state index in [1.54, 1.807) is 0 Å². The maximum absolute atomic E-state index is 4.79. The molecule has 0 atom stereocenters. The van der Waals surface area contributed by atoms with Crippen LogP contribution in [0.5, 0.6) is 0 Å². The van der Waals surface area contributed by atoms with Crippen LogP contribution in [0.25, 0.3) is 110 Å². The molecule has 1 aliphatic rings. The number of fused-ring (bicyclic) bond motifs is 9. The standard InChI is InChI=1S/C51H31N3/c1-2-11-32(12-3-1)33-13-8-15-37(27-33)53-46-20-6-4-16-39(46)43-29-34(22-24-48(43)53)35-23-25-49-44(30-35)40-17-5-7-21-47(40)54(49)38-28-36-14-9-18-42-50(36)45(31-38)41-19-10-26-52-51(41)42/h1-31H. The zero-order valence-corrected chi connectivity index (χ0v) is 29.2. The van der Waals surface area contributed by atoms with E-state index in [1.165, 1.54) is 93.3 Å². The highest BCUT2D eigenvalue weighted by atomic mass is 15.0. The molecule has 0 bridgehead atoms.